The van der Waals surface area contributed by atoms with Crippen LogP contribution in [-0.4, -0.2) is 44.4 Å². The molecule has 0 spiro atoms. The summed E-state index contributed by atoms with van der Waals surface area (Å²) in [6.45, 7) is 8.64. The summed E-state index contributed by atoms with van der Waals surface area (Å²) in [5.41, 5.74) is 3.24. The summed E-state index contributed by atoms with van der Waals surface area (Å²) in [5, 5.41) is 18.7. The molecule has 2 N–H and O–H groups in total. The molecule has 1 aliphatic heterocycles. The second-order valence-electron chi connectivity index (χ2n) is 6.02. The summed E-state index contributed by atoms with van der Waals surface area (Å²) in [4.78, 5) is 8.17. The van der Waals surface area contributed by atoms with E-state index >= 15 is 0 Å². The number of rotatable bonds is 4. The largest absolute Gasteiger partial charge is 0.391 e. The van der Waals surface area contributed by atoms with Crippen molar-refractivity contribution in [2.75, 3.05) is 13.1 Å². The van der Waals surface area contributed by atoms with E-state index in [0.717, 1.165) is 48.1 Å². The van der Waals surface area contributed by atoms with Crippen LogP contribution < -0.4 is 0 Å². The second-order valence-corrected chi connectivity index (χ2v) is 7.30. The van der Waals surface area contributed by atoms with Crippen LogP contribution in [0.3, 0.4) is 0 Å². The minimum atomic E-state index is -0.274. The molecule has 2 aromatic rings. The van der Waals surface area contributed by atoms with Gasteiger partial charge in [-0.2, -0.15) is 5.10 Å². The van der Waals surface area contributed by atoms with Crippen molar-refractivity contribution < 1.29 is 5.11 Å². The number of aromatic nitrogens is 3. The SMILES string of the molecule is Cc1cc(C[C@@H]2CN(Cc3nc(C)c(C)s3)C[C@H]2O)n[nH]1. The van der Waals surface area contributed by atoms with Crippen LogP contribution >= 0.6 is 11.3 Å². The van der Waals surface area contributed by atoms with Crippen molar-refractivity contribution in [3.63, 3.8) is 0 Å². The van der Waals surface area contributed by atoms with Crippen LogP contribution in [0, 0.1) is 26.7 Å². The smallest absolute Gasteiger partial charge is 0.107 e. The summed E-state index contributed by atoms with van der Waals surface area (Å²) in [6, 6.07) is 2.06. The van der Waals surface area contributed by atoms with Gasteiger partial charge in [0.1, 0.15) is 5.01 Å². The number of aliphatic hydroxyl groups excluding tert-OH is 1. The van der Waals surface area contributed by atoms with Gasteiger partial charge < -0.3 is 5.11 Å². The van der Waals surface area contributed by atoms with E-state index in [9.17, 15) is 5.11 Å². The maximum Gasteiger partial charge on any atom is 0.107 e. The first-order chi connectivity index (χ1) is 10.0. The molecular weight excluding hydrogens is 284 g/mol. The van der Waals surface area contributed by atoms with Gasteiger partial charge in [0.25, 0.3) is 0 Å². The zero-order valence-electron chi connectivity index (χ0n) is 12.8. The van der Waals surface area contributed by atoms with Gasteiger partial charge in [-0.1, -0.05) is 0 Å². The van der Waals surface area contributed by atoms with Crippen molar-refractivity contribution in [1.29, 1.82) is 0 Å². The van der Waals surface area contributed by atoms with Crippen LogP contribution in [0.25, 0.3) is 0 Å². The third kappa shape index (κ3) is 3.33. The number of likely N-dealkylation sites (tertiary alicyclic amines) is 1. The number of hydrogen-bond acceptors (Lipinski definition) is 5. The summed E-state index contributed by atoms with van der Waals surface area (Å²) >= 11 is 1.76. The molecule has 2 atom stereocenters. The molecule has 1 aliphatic rings. The lowest BCUT2D eigenvalue weighted by atomic mass is 10.0. The number of thiazole rings is 1. The van der Waals surface area contributed by atoms with E-state index in [1.807, 2.05) is 6.92 Å². The van der Waals surface area contributed by atoms with E-state index in [-0.39, 0.29) is 12.0 Å². The van der Waals surface area contributed by atoms with Gasteiger partial charge in [0, 0.05) is 29.6 Å². The number of H-pyrrole nitrogens is 1. The highest BCUT2D eigenvalue weighted by Crippen LogP contribution is 2.25. The Kier molecular flexibility index (Phi) is 4.10. The van der Waals surface area contributed by atoms with Crippen molar-refractivity contribution in [3.8, 4) is 0 Å². The maximum absolute atomic E-state index is 10.3. The topological polar surface area (TPSA) is 65.0 Å². The first-order valence-electron chi connectivity index (χ1n) is 7.35. The Hall–Kier alpha value is -1.24. The van der Waals surface area contributed by atoms with E-state index in [0.29, 0.717) is 0 Å². The highest BCUT2D eigenvalue weighted by molar-refractivity contribution is 7.11. The molecule has 0 unspecified atom stereocenters. The van der Waals surface area contributed by atoms with Crippen molar-refractivity contribution >= 4 is 11.3 Å². The van der Waals surface area contributed by atoms with Crippen molar-refractivity contribution in [3.05, 3.63) is 33.0 Å². The predicted octanol–water partition coefficient (Wildman–Crippen LogP) is 1.83. The molecule has 1 saturated heterocycles. The zero-order chi connectivity index (χ0) is 15.0. The first-order valence-corrected chi connectivity index (χ1v) is 8.17. The third-order valence-electron chi connectivity index (χ3n) is 4.14. The molecule has 0 amide bonds. The van der Waals surface area contributed by atoms with E-state index in [2.05, 4.69) is 40.0 Å². The molecule has 1 fully saturated rings. The molecule has 0 bridgehead atoms. The minimum absolute atomic E-state index is 0.259. The molecule has 5 nitrogen and oxygen atoms in total. The van der Waals surface area contributed by atoms with Gasteiger partial charge in [0.15, 0.2) is 0 Å². The van der Waals surface area contributed by atoms with E-state index in [4.69, 9.17) is 0 Å². The lowest BCUT2D eigenvalue weighted by Crippen LogP contribution is -2.21. The Morgan fingerprint density at radius 2 is 2.19 bits per heavy atom. The monoisotopic (exact) mass is 306 g/mol. The summed E-state index contributed by atoms with van der Waals surface area (Å²) in [6.07, 6.45) is 0.557. The zero-order valence-corrected chi connectivity index (χ0v) is 13.6. The van der Waals surface area contributed by atoms with Crippen molar-refractivity contribution in [2.24, 2.45) is 5.92 Å². The third-order valence-corrected chi connectivity index (χ3v) is 5.20. The molecule has 0 aliphatic carbocycles. The Morgan fingerprint density at radius 1 is 1.38 bits per heavy atom. The highest BCUT2D eigenvalue weighted by atomic mass is 32.1. The summed E-state index contributed by atoms with van der Waals surface area (Å²) in [5.74, 6) is 0.259. The fraction of sp³-hybridized carbons (Fsp3) is 0.600. The number of β-amino-alcohol motifs (C(OH)–C–C–N with tert-alkyl or cyclic N) is 1. The van der Waals surface area contributed by atoms with Crippen LogP contribution in [0.15, 0.2) is 6.07 Å². The van der Waals surface area contributed by atoms with Crippen LogP contribution in [0.4, 0.5) is 0 Å². The van der Waals surface area contributed by atoms with Gasteiger partial charge >= 0.3 is 0 Å². The first kappa shape index (κ1) is 14.7. The molecule has 6 heteroatoms. The molecule has 114 valence electrons. The molecule has 0 saturated carbocycles. The number of nitrogens with zero attached hydrogens (tertiary/aromatic N) is 3. The normalized spacial score (nSPS) is 23.0. The van der Waals surface area contributed by atoms with Gasteiger partial charge in [-0.05, 0) is 33.3 Å². The second kappa shape index (κ2) is 5.87. The average molecular weight is 306 g/mol. The van der Waals surface area contributed by atoms with Gasteiger partial charge in [-0.25, -0.2) is 4.98 Å². The predicted molar refractivity (Wildman–Crippen MR) is 83.4 cm³/mol. The average Bonchev–Trinajstić information content (AvgIpc) is 3.04. The van der Waals surface area contributed by atoms with E-state index < -0.39 is 0 Å². The minimum Gasteiger partial charge on any atom is -0.391 e. The lowest BCUT2D eigenvalue weighted by Gasteiger charge is -2.13. The fourth-order valence-electron chi connectivity index (χ4n) is 2.92. The van der Waals surface area contributed by atoms with Crippen LogP contribution in [0.1, 0.15) is 27.0 Å². The van der Waals surface area contributed by atoms with Crippen molar-refractivity contribution in [2.45, 2.75) is 39.8 Å². The number of aromatic amines is 1. The molecule has 0 radical (unpaired) electrons. The Labute approximate surface area is 129 Å². The van der Waals surface area contributed by atoms with Crippen LogP contribution in [0.5, 0.6) is 0 Å². The molecule has 21 heavy (non-hydrogen) atoms. The standard InChI is InChI=1S/C15H22N4OS/c1-9-4-13(18-17-9)5-12-6-19(7-14(12)20)8-15-16-10(2)11(3)21-15/h4,12,14,20H,5-8H2,1-3H3,(H,17,18)/t12-,14-/m1/s1. The molecule has 3 rings (SSSR count). The Bertz CT molecular complexity index is 601. The summed E-state index contributed by atoms with van der Waals surface area (Å²) in [7, 11) is 0. The number of aliphatic hydroxyl groups is 1. The van der Waals surface area contributed by atoms with Gasteiger partial charge in [0.2, 0.25) is 0 Å². The lowest BCUT2D eigenvalue weighted by molar-refractivity contribution is 0.140. The number of hydrogen-bond donors (Lipinski definition) is 2. The Balaban J connectivity index is 1.60. The number of nitrogens with one attached hydrogen (secondary N) is 1. The molecular formula is C15H22N4OS. The van der Waals surface area contributed by atoms with E-state index in [1.54, 1.807) is 11.3 Å². The van der Waals surface area contributed by atoms with Gasteiger partial charge in [-0.15, -0.1) is 11.3 Å². The molecule has 3 heterocycles. The fourth-order valence-corrected chi connectivity index (χ4v) is 3.89. The summed E-state index contributed by atoms with van der Waals surface area (Å²) < 4.78 is 0. The Morgan fingerprint density at radius 3 is 2.81 bits per heavy atom. The van der Waals surface area contributed by atoms with Crippen molar-refractivity contribution in [1.82, 2.24) is 20.1 Å². The van der Waals surface area contributed by atoms with Gasteiger partial charge in [0.05, 0.1) is 24.0 Å². The van der Waals surface area contributed by atoms with E-state index in [1.165, 1.54) is 4.88 Å². The molecule has 2 aromatic heterocycles. The molecule has 0 aromatic carbocycles. The number of aryl methyl sites for hydroxylation is 3. The van der Waals surface area contributed by atoms with Crippen LogP contribution in [-0.2, 0) is 13.0 Å². The maximum atomic E-state index is 10.3. The highest BCUT2D eigenvalue weighted by Gasteiger charge is 2.32. The van der Waals surface area contributed by atoms with Gasteiger partial charge in [-0.3, -0.25) is 10.00 Å². The van der Waals surface area contributed by atoms with Crippen LogP contribution in [0.2, 0.25) is 0 Å². The quantitative estimate of drug-likeness (QED) is 0.904.